The first kappa shape index (κ1) is 12.6. The number of aromatic nitrogens is 2. The van der Waals surface area contributed by atoms with Crippen LogP contribution >= 0.6 is 0 Å². The molecule has 2 atom stereocenters. The molecule has 0 radical (unpaired) electrons. The van der Waals surface area contributed by atoms with Gasteiger partial charge in [0.2, 0.25) is 0 Å². The van der Waals surface area contributed by atoms with Gasteiger partial charge in [0.05, 0.1) is 6.61 Å². The molecular weight excluding hydrogens is 214 g/mol. The maximum Gasteiger partial charge on any atom is 0.0509 e. The molecule has 0 unspecified atom stereocenters. The SMILES string of the molecule is C[C@@H](NCCCn1cccn1)[C@@H]1CCCOC1. The Morgan fingerprint density at radius 3 is 3.24 bits per heavy atom. The summed E-state index contributed by atoms with van der Waals surface area (Å²) in [6.07, 6.45) is 7.48. The number of rotatable bonds is 6. The van der Waals surface area contributed by atoms with Crippen molar-refractivity contribution in [1.82, 2.24) is 15.1 Å². The van der Waals surface area contributed by atoms with E-state index in [0.29, 0.717) is 12.0 Å². The Balaban J connectivity index is 1.57. The molecule has 4 nitrogen and oxygen atoms in total. The minimum absolute atomic E-state index is 0.563. The molecular formula is C13H23N3O. The lowest BCUT2D eigenvalue weighted by Gasteiger charge is -2.28. The van der Waals surface area contributed by atoms with Gasteiger partial charge in [-0.3, -0.25) is 4.68 Å². The largest absolute Gasteiger partial charge is 0.381 e. The molecule has 2 rings (SSSR count). The van der Waals surface area contributed by atoms with Crippen LogP contribution in [0.5, 0.6) is 0 Å². The van der Waals surface area contributed by atoms with Crippen molar-refractivity contribution < 1.29 is 4.74 Å². The summed E-state index contributed by atoms with van der Waals surface area (Å²) in [5.41, 5.74) is 0. The third kappa shape index (κ3) is 4.13. The standard InChI is InChI=1S/C13H23N3O/c1-12(13-5-2-10-17-11-13)14-6-3-8-16-9-4-7-15-16/h4,7,9,12-14H,2-3,5-6,8,10-11H2,1H3/t12-,13-/m1/s1. The van der Waals surface area contributed by atoms with Crippen LogP contribution in [0.1, 0.15) is 26.2 Å². The van der Waals surface area contributed by atoms with Crippen LogP contribution in [0.25, 0.3) is 0 Å². The highest BCUT2D eigenvalue weighted by atomic mass is 16.5. The quantitative estimate of drug-likeness (QED) is 0.765. The van der Waals surface area contributed by atoms with E-state index in [0.717, 1.165) is 32.7 Å². The Morgan fingerprint density at radius 1 is 1.59 bits per heavy atom. The molecule has 1 aromatic heterocycles. The normalized spacial score (nSPS) is 22.5. The molecule has 17 heavy (non-hydrogen) atoms. The van der Waals surface area contributed by atoms with Crippen molar-refractivity contribution in [2.24, 2.45) is 5.92 Å². The van der Waals surface area contributed by atoms with Gasteiger partial charge in [-0.2, -0.15) is 5.10 Å². The molecule has 1 aliphatic rings. The van der Waals surface area contributed by atoms with Gasteiger partial charge in [0.25, 0.3) is 0 Å². The lowest BCUT2D eigenvalue weighted by Crippen LogP contribution is -2.38. The van der Waals surface area contributed by atoms with E-state index in [9.17, 15) is 0 Å². The van der Waals surface area contributed by atoms with Crippen molar-refractivity contribution in [3.63, 3.8) is 0 Å². The highest BCUT2D eigenvalue weighted by Gasteiger charge is 2.19. The molecule has 0 aliphatic carbocycles. The van der Waals surface area contributed by atoms with E-state index < -0.39 is 0 Å². The van der Waals surface area contributed by atoms with E-state index in [1.807, 2.05) is 23.1 Å². The molecule has 4 heteroatoms. The van der Waals surface area contributed by atoms with Crippen molar-refractivity contribution in [3.05, 3.63) is 18.5 Å². The van der Waals surface area contributed by atoms with Gasteiger partial charge in [-0.25, -0.2) is 0 Å². The summed E-state index contributed by atoms with van der Waals surface area (Å²) in [6, 6.07) is 2.53. The van der Waals surface area contributed by atoms with Crippen LogP contribution in [0.3, 0.4) is 0 Å². The van der Waals surface area contributed by atoms with Crippen molar-refractivity contribution in [2.45, 2.75) is 38.8 Å². The predicted molar refractivity (Wildman–Crippen MR) is 67.9 cm³/mol. The first-order valence-electron chi connectivity index (χ1n) is 6.65. The summed E-state index contributed by atoms with van der Waals surface area (Å²) in [6.45, 7) is 6.19. The molecule has 0 spiro atoms. The molecule has 96 valence electrons. The molecule has 1 N–H and O–H groups in total. The highest BCUT2D eigenvalue weighted by Crippen LogP contribution is 2.16. The van der Waals surface area contributed by atoms with E-state index in [-0.39, 0.29) is 0 Å². The van der Waals surface area contributed by atoms with Crippen LogP contribution in [0.4, 0.5) is 0 Å². The summed E-state index contributed by atoms with van der Waals surface area (Å²) >= 11 is 0. The Hall–Kier alpha value is -0.870. The van der Waals surface area contributed by atoms with E-state index in [1.165, 1.54) is 12.8 Å². The third-order valence-corrected chi connectivity index (χ3v) is 3.49. The van der Waals surface area contributed by atoms with E-state index in [4.69, 9.17) is 4.74 Å². The van der Waals surface area contributed by atoms with Crippen LogP contribution < -0.4 is 5.32 Å². The van der Waals surface area contributed by atoms with Gasteiger partial charge in [-0.05, 0) is 44.7 Å². The van der Waals surface area contributed by atoms with Crippen LogP contribution in [0.15, 0.2) is 18.5 Å². The Labute approximate surface area is 103 Å². The van der Waals surface area contributed by atoms with E-state index in [2.05, 4.69) is 17.3 Å². The molecule has 1 aliphatic heterocycles. The van der Waals surface area contributed by atoms with Gasteiger partial charge in [-0.15, -0.1) is 0 Å². The second kappa shape index (κ2) is 6.77. The zero-order valence-electron chi connectivity index (χ0n) is 10.6. The highest BCUT2D eigenvalue weighted by molar-refractivity contribution is 4.78. The number of aryl methyl sites for hydroxylation is 1. The summed E-state index contributed by atoms with van der Waals surface area (Å²) in [5.74, 6) is 0.688. The maximum atomic E-state index is 5.51. The van der Waals surface area contributed by atoms with Crippen LogP contribution in [0.2, 0.25) is 0 Å². The first-order valence-corrected chi connectivity index (χ1v) is 6.65. The second-order valence-electron chi connectivity index (χ2n) is 4.84. The molecule has 0 aromatic carbocycles. The summed E-state index contributed by atoms with van der Waals surface area (Å²) < 4.78 is 7.50. The van der Waals surface area contributed by atoms with Gasteiger partial charge in [0, 0.05) is 31.6 Å². The van der Waals surface area contributed by atoms with Gasteiger partial charge < -0.3 is 10.1 Å². The van der Waals surface area contributed by atoms with Gasteiger partial charge in [0.15, 0.2) is 0 Å². The summed E-state index contributed by atoms with van der Waals surface area (Å²) in [7, 11) is 0. The minimum atomic E-state index is 0.563. The number of nitrogens with zero attached hydrogens (tertiary/aromatic N) is 2. The zero-order valence-corrected chi connectivity index (χ0v) is 10.6. The second-order valence-corrected chi connectivity index (χ2v) is 4.84. The van der Waals surface area contributed by atoms with Gasteiger partial charge >= 0.3 is 0 Å². The number of nitrogens with one attached hydrogen (secondary N) is 1. The summed E-state index contributed by atoms with van der Waals surface area (Å²) in [5, 5.41) is 7.79. The number of hydrogen-bond acceptors (Lipinski definition) is 3. The summed E-state index contributed by atoms with van der Waals surface area (Å²) in [4.78, 5) is 0. The number of ether oxygens (including phenoxy) is 1. The maximum absolute atomic E-state index is 5.51. The van der Waals surface area contributed by atoms with Crippen LogP contribution in [-0.4, -0.2) is 35.6 Å². The molecule has 2 heterocycles. The zero-order chi connectivity index (χ0) is 11.9. The molecule has 1 aromatic rings. The van der Waals surface area contributed by atoms with Crippen LogP contribution in [-0.2, 0) is 11.3 Å². The van der Waals surface area contributed by atoms with E-state index >= 15 is 0 Å². The average Bonchev–Trinajstić information content (AvgIpc) is 2.88. The monoisotopic (exact) mass is 237 g/mol. The minimum Gasteiger partial charge on any atom is -0.381 e. The Kier molecular flexibility index (Phi) is 5.01. The lowest BCUT2D eigenvalue weighted by molar-refractivity contribution is 0.0420. The van der Waals surface area contributed by atoms with Crippen LogP contribution in [0, 0.1) is 5.92 Å². The van der Waals surface area contributed by atoms with Crippen molar-refractivity contribution >= 4 is 0 Å². The molecule has 0 saturated carbocycles. The fourth-order valence-electron chi connectivity index (χ4n) is 2.33. The first-order chi connectivity index (χ1) is 8.36. The van der Waals surface area contributed by atoms with Gasteiger partial charge in [0.1, 0.15) is 0 Å². The molecule has 0 amide bonds. The van der Waals surface area contributed by atoms with Crippen molar-refractivity contribution in [3.8, 4) is 0 Å². The lowest BCUT2D eigenvalue weighted by atomic mass is 9.95. The number of hydrogen-bond donors (Lipinski definition) is 1. The fraction of sp³-hybridized carbons (Fsp3) is 0.769. The topological polar surface area (TPSA) is 39.1 Å². The Bertz CT molecular complexity index is 294. The Morgan fingerprint density at radius 2 is 2.53 bits per heavy atom. The predicted octanol–water partition coefficient (Wildman–Crippen LogP) is 1.68. The average molecular weight is 237 g/mol. The molecule has 0 bridgehead atoms. The van der Waals surface area contributed by atoms with Crippen molar-refractivity contribution in [1.29, 1.82) is 0 Å². The third-order valence-electron chi connectivity index (χ3n) is 3.49. The van der Waals surface area contributed by atoms with Gasteiger partial charge in [-0.1, -0.05) is 0 Å². The van der Waals surface area contributed by atoms with E-state index in [1.54, 1.807) is 0 Å². The molecule has 1 saturated heterocycles. The fourth-order valence-corrected chi connectivity index (χ4v) is 2.33. The van der Waals surface area contributed by atoms with Crippen molar-refractivity contribution in [2.75, 3.05) is 19.8 Å². The smallest absolute Gasteiger partial charge is 0.0509 e. The molecule has 1 fully saturated rings.